The number of rotatable bonds is 40. The van der Waals surface area contributed by atoms with Gasteiger partial charge >= 0.3 is 23.9 Å². The van der Waals surface area contributed by atoms with Crippen LogP contribution in [0.15, 0.2) is 101 Å². The first-order valence-electron chi connectivity index (χ1n) is 21.8. The lowest BCUT2D eigenvalue weighted by molar-refractivity contribution is -0.170. The molecule has 0 aromatic heterocycles. The summed E-state index contributed by atoms with van der Waals surface area (Å²) in [5.74, 6) is -3.79. The molecule has 65 heavy (non-hydrogen) atoms. The maximum Gasteiger partial charge on any atom is 0.305 e. The molecule has 0 rings (SSSR count). The van der Waals surface area contributed by atoms with E-state index in [0.717, 1.165) is 0 Å². The second-order valence-electron chi connectivity index (χ2n) is 15.1. The third kappa shape index (κ3) is 26.8. The lowest BCUT2D eigenvalue weighted by Crippen LogP contribution is -2.44. The minimum absolute atomic E-state index is 0.0269. The molecule has 0 radical (unpaired) electrons. The molecule has 0 spiro atoms. The quantitative estimate of drug-likeness (QED) is 0.0420. The van der Waals surface area contributed by atoms with Crippen molar-refractivity contribution in [2.45, 2.75) is 77.0 Å². The van der Waals surface area contributed by atoms with Gasteiger partial charge in [0, 0.05) is 104 Å². The van der Waals surface area contributed by atoms with Gasteiger partial charge in [0.1, 0.15) is 31.8 Å². The molecule has 0 saturated heterocycles. The zero-order chi connectivity index (χ0) is 48.9. The molecule has 0 atom stereocenters. The van der Waals surface area contributed by atoms with E-state index in [2.05, 4.69) is 52.6 Å². The Morgan fingerprint density at radius 1 is 0.308 bits per heavy atom. The highest BCUT2D eigenvalue weighted by molar-refractivity contribution is 5.79. The van der Waals surface area contributed by atoms with Crippen molar-refractivity contribution in [1.29, 1.82) is 0 Å². The summed E-state index contributed by atoms with van der Waals surface area (Å²) in [5, 5.41) is 0. The zero-order valence-corrected chi connectivity index (χ0v) is 38.4. The normalized spacial score (nSPS) is 10.5. The Morgan fingerprint density at radius 2 is 0.477 bits per heavy atom. The second-order valence-corrected chi connectivity index (χ2v) is 15.1. The van der Waals surface area contributed by atoms with E-state index < -0.39 is 55.7 Å². The van der Waals surface area contributed by atoms with Gasteiger partial charge < -0.3 is 38.5 Å². The van der Waals surface area contributed by atoms with Crippen molar-refractivity contribution in [3.63, 3.8) is 0 Å². The molecule has 0 saturated carbocycles. The lowest BCUT2D eigenvalue weighted by atomic mass is 9.92. The molecule has 16 nitrogen and oxygen atoms in total. The van der Waals surface area contributed by atoms with Crippen LogP contribution in [0.3, 0.4) is 0 Å². The average molecular weight is 909 g/mol. The molecule has 16 heteroatoms. The molecule has 0 aromatic carbocycles. The van der Waals surface area contributed by atoms with Crippen molar-refractivity contribution >= 4 is 47.5 Å². The van der Waals surface area contributed by atoms with Crippen LogP contribution >= 0.6 is 0 Å². The van der Waals surface area contributed by atoms with E-state index in [1.807, 2.05) is 0 Å². The van der Waals surface area contributed by atoms with E-state index in [0.29, 0.717) is 52.4 Å². The Labute approximate surface area is 386 Å². The number of esters is 4. The molecule has 0 unspecified atom stereocenters. The largest absolute Gasteiger partial charge is 0.465 e. The van der Waals surface area contributed by atoms with Gasteiger partial charge in [-0.25, -0.2) is 0 Å². The predicted molar refractivity (Wildman–Crippen MR) is 250 cm³/mol. The van der Waals surface area contributed by atoms with Gasteiger partial charge in [0.05, 0.1) is 0 Å². The van der Waals surface area contributed by atoms with Crippen LogP contribution in [0, 0.1) is 5.41 Å². The summed E-state index contributed by atoms with van der Waals surface area (Å²) < 4.78 is 22.5. The van der Waals surface area contributed by atoms with E-state index in [9.17, 15) is 38.4 Å². The topological polar surface area (TPSA) is 186 Å². The van der Waals surface area contributed by atoms with Crippen LogP contribution in [0.4, 0.5) is 0 Å². The summed E-state index contributed by atoms with van der Waals surface area (Å²) in [5.41, 5.74) is -1.63. The van der Waals surface area contributed by atoms with E-state index in [1.165, 1.54) is 19.6 Å². The predicted octanol–water partition coefficient (Wildman–Crippen LogP) is 5.63. The number of ether oxygens (including phenoxy) is 4. The Kier molecular flexibility index (Phi) is 32.6. The minimum atomic E-state index is -1.63. The molecular formula is C49H72N4O12. The van der Waals surface area contributed by atoms with Crippen molar-refractivity contribution < 1.29 is 57.3 Å². The molecule has 0 heterocycles. The van der Waals surface area contributed by atoms with Crippen LogP contribution in [-0.2, 0) is 57.3 Å². The molecule has 360 valence electrons. The number of carbonyl (C=O) groups is 8. The van der Waals surface area contributed by atoms with Crippen molar-refractivity contribution in [3.8, 4) is 0 Å². The molecule has 0 aliphatic heterocycles. The highest BCUT2D eigenvalue weighted by Crippen LogP contribution is 2.23. The van der Waals surface area contributed by atoms with Crippen LogP contribution in [0.1, 0.15) is 77.0 Å². The van der Waals surface area contributed by atoms with Crippen LogP contribution < -0.4 is 0 Å². The number of hydrogen-bond acceptors (Lipinski definition) is 12. The smallest absolute Gasteiger partial charge is 0.305 e. The number of carbonyl (C=O) groups excluding carboxylic acids is 8. The third-order valence-electron chi connectivity index (χ3n) is 9.45. The molecule has 0 aliphatic carbocycles. The van der Waals surface area contributed by atoms with Crippen molar-refractivity contribution in [2.75, 3.05) is 78.8 Å². The molecule has 4 amide bonds. The first kappa shape index (κ1) is 58.7. The Balaban J connectivity index is 6.31. The molecule has 0 aromatic rings. The summed E-state index contributed by atoms with van der Waals surface area (Å²) in [6.45, 7) is 29.5. The first-order valence-corrected chi connectivity index (χ1v) is 21.8. The summed E-state index contributed by atoms with van der Waals surface area (Å²) >= 11 is 0. The zero-order valence-electron chi connectivity index (χ0n) is 38.4. The minimum Gasteiger partial charge on any atom is -0.465 e. The molecule has 0 N–H and O–H groups in total. The Hall–Kier alpha value is -6.32. The van der Waals surface area contributed by atoms with E-state index >= 15 is 0 Å². The van der Waals surface area contributed by atoms with Gasteiger partial charge in [-0.05, 0) is 25.7 Å². The van der Waals surface area contributed by atoms with Crippen LogP contribution in [0.2, 0.25) is 0 Å². The third-order valence-corrected chi connectivity index (χ3v) is 9.45. The first-order chi connectivity index (χ1) is 31.2. The SMILES string of the molecule is C=CCN(CC=C)C(=O)CCCC(=O)OCC(COC(=O)CCCC(=O)N(CC=C)CC=C)(COC(=O)CCCC(=O)N(CC=C)CC=C)COC(=O)CCCC(=O)N(CC=C)CC=C. The van der Waals surface area contributed by atoms with Gasteiger partial charge in [-0.2, -0.15) is 0 Å². The van der Waals surface area contributed by atoms with Gasteiger partial charge in [0.2, 0.25) is 23.6 Å². The van der Waals surface area contributed by atoms with Crippen LogP contribution in [-0.4, -0.2) is 146 Å². The highest BCUT2D eigenvalue weighted by Gasteiger charge is 2.38. The van der Waals surface area contributed by atoms with Crippen molar-refractivity contribution in [3.05, 3.63) is 101 Å². The van der Waals surface area contributed by atoms with Gasteiger partial charge in [-0.15, -0.1) is 52.6 Å². The van der Waals surface area contributed by atoms with E-state index in [-0.39, 0.29) is 101 Å². The monoisotopic (exact) mass is 909 g/mol. The number of nitrogens with zero attached hydrogens (tertiary/aromatic N) is 4. The van der Waals surface area contributed by atoms with Crippen molar-refractivity contribution in [2.24, 2.45) is 5.41 Å². The van der Waals surface area contributed by atoms with E-state index in [4.69, 9.17) is 18.9 Å². The summed E-state index contributed by atoms with van der Waals surface area (Å²) in [6.07, 6.45) is 12.6. The number of amides is 4. The number of hydrogen-bond donors (Lipinski definition) is 0. The van der Waals surface area contributed by atoms with Gasteiger partial charge in [0.15, 0.2) is 0 Å². The summed E-state index contributed by atoms with van der Waals surface area (Å²) in [4.78, 5) is 109. The van der Waals surface area contributed by atoms with Gasteiger partial charge in [-0.3, -0.25) is 38.4 Å². The Bertz CT molecular complexity index is 1360. The molecule has 0 aliphatic rings. The van der Waals surface area contributed by atoms with Crippen LogP contribution in [0.5, 0.6) is 0 Å². The summed E-state index contributed by atoms with van der Waals surface area (Å²) in [7, 11) is 0. The fourth-order valence-electron chi connectivity index (χ4n) is 6.00. The Morgan fingerprint density at radius 3 is 0.631 bits per heavy atom. The second kappa shape index (κ2) is 36.1. The fourth-order valence-corrected chi connectivity index (χ4v) is 6.00. The maximum absolute atomic E-state index is 13.1. The highest BCUT2D eigenvalue weighted by atomic mass is 16.6. The van der Waals surface area contributed by atoms with Crippen molar-refractivity contribution in [1.82, 2.24) is 19.6 Å². The molecular weight excluding hydrogens is 837 g/mol. The maximum atomic E-state index is 13.1. The average Bonchev–Trinajstić information content (AvgIpc) is 3.28. The van der Waals surface area contributed by atoms with Crippen LogP contribution in [0.25, 0.3) is 0 Å². The molecule has 0 fully saturated rings. The standard InChI is InChI=1S/C49H72N4O12/c1-9-29-50(30-10-2)41(54)21-17-25-45(58)62-37-49(38-63-46(59)26-18-22-42(55)51(31-11-3)32-12-4,39-64-47(60)27-19-23-43(56)52(33-13-5)34-14-6)40-65-48(61)28-20-24-44(57)53(35-15-7)36-16-8/h9-16H,1-8,17-40H2. The fraction of sp³-hybridized carbons (Fsp3) is 0.510. The van der Waals surface area contributed by atoms with Gasteiger partial charge in [-0.1, -0.05) is 48.6 Å². The molecule has 0 bridgehead atoms. The van der Waals surface area contributed by atoms with Gasteiger partial charge in [0.25, 0.3) is 0 Å². The summed E-state index contributed by atoms with van der Waals surface area (Å²) in [6, 6.07) is 0. The lowest BCUT2D eigenvalue weighted by Gasteiger charge is -2.31. The van der Waals surface area contributed by atoms with E-state index in [1.54, 1.807) is 48.6 Å².